The molecule has 0 amide bonds. The summed E-state index contributed by atoms with van der Waals surface area (Å²) in [7, 11) is 4.14. The lowest BCUT2D eigenvalue weighted by Gasteiger charge is -2.36. The van der Waals surface area contributed by atoms with Crippen LogP contribution in [0.25, 0.3) is 0 Å². The first-order valence-corrected chi connectivity index (χ1v) is 6.92. The van der Waals surface area contributed by atoms with Gasteiger partial charge in [-0.2, -0.15) is 5.26 Å². The largest absolute Gasteiger partial charge is 0.368 e. The molecule has 1 saturated heterocycles. The number of benzene rings is 1. The Hall–Kier alpha value is -1.64. The van der Waals surface area contributed by atoms with Gasteiger partial charge in [0.25, 0.3) is 0 Å². The summed E-state index contributed by atoms with van der Waals surface area (Å²) in [5, 5.41) is 9.09. The Kier molecular flexibility index (Phi) is 4.94. The van der Waals surface area contributed by atoms with Gasteiger partial charge in [-0.05, 0) is 26.2 Å². The van der Waals surface area contributed by atoms with E-state index in [1.807, 2.05) is 12.1 Å². The number of halogens is 1. The summed E-state index contributed by atoms with van der Waals surface area (Å²) in [4.78, 5) is 6.68. The first-order valence-electron chi connectivity index (χ1n) is 6.92. The van der Waals surface area contributed by atoms with Gasteiger partial charge in [0.05, 0.1) is 5.69 Å². The molecule has 0 N–H and O–H groups in total. The quantitative estimate of drug-likeness (QED) is 0.832. The molecule has 20 heavy (non-hydrogen) atoms. The van der Waals surface area contributed by atoms with Gasteiger partial charge in [-0.1, -0.05) is 6.07 Å². The van der Waals surface area contributed by atoms with E-state index in [2.05, 4.69) is 28.8 Å². The van der Waals surface area contributed by atoms with Gasteiger partial charge in [0, 0.05) is 39.3 Å². The third kappa shape index (κ3) is 3.47. The number of nitriles is 1. The summed E-state index contributed by atoms with van der Waals surface area (Å²) in [6.45, 7) is 5.68. The van der Waals surface area contributed by atoms with Gasteiger partial charge in [-0.3, -0.25) is 4.90 Å². The van der Waals surface area contributed by atoms with Crippen LogP contribution in [-0.4, -0.2) is 63.2 Å². The lowest BCUT2D eigenvalue weighted by Crippen LogP contribution is -2.48. The minimum Gasteiger partial charge on any atom is -0.368 e. The second-order valence-electron chi connectivity index (χ2n) is 5.38. The van der Waals surface area contributed by atoms with Crippen molar-refractivity contribution < 1.29 is 4.39 Å². The maximum absolute atomic E-state index is 13.6. The van der Waals surface area contributed by atoms with Crippen molar-refractivity contribution in [2.45, 2.75) is 0 Å². The Morgan fingerprint density at radius 3 is 2.55 bits per heavy atom. The summed E-state index contributed by atoms with van der Waals surface area (Å²) >= 11 is 0. The van der Waals surface area contributed by atoms with E-state index in [1.54, 1.807) is 6.07 Å². The Morgan fingerprint density at radius 1 is 1.25 bits per heavy atom. The monoisotopic (exact) mass is 276 g/mol. The van der Waals surface area contributed by atoms with E-state index in [0.29, 0.717) is 0 Å². The summed E-state index contributed by atoms with van der Waals surface area (Å²) in [6, 6.07) is 6.82. The highest BCUT2D eigenvalue weighted by molar-refractivity contribution is 5.60. The van der Waals surface area contributed by atoms with Crippen molar-refractivity contribution in [3.63, 3.8) is 0 Å². The van der Waals surface area contributed by atoms with Gasteiger partial charge >= 0.3 is 0 Å². The molecule has 0 radical (unpaired) electrons. The van der Waals surface area contributed by atoms with E-state index in [0.717, 1.165) is 45.0 Å². The fourth-order valence-corrected chi connectivity index (χ4v) is 2.44. The normalized spacial score (nSPS) is 16.4. The number of hydrogen-bond acceptors (Lipinski definition) is 4. The molecule has 1 aromatic carbocycles. The molecule has 0 unspecified atom stereocenters. The van der Waals surface area contributed by atoms with Crippen molar-refractivity contribution in [3.05, 3.63) is 29.6 Å². The Morgan fingerprint density at radius 2 is 1.95 bits per heavy atom. The van der Waals surface area contributed by atoms with Crippen molar-refractivity contribution in [1.82, 2.24) is 9.80 Å². The first-order chi connectivity index (χ1) is 9.61. The van der Waals surface area contributed by atoms with E-state index in [1.165, 1.54) is 6.07 Å². The first kappa shape index (κ1) is 14.8. The second-order valence-corrected chi connectivity index (χ2v) is 5.38. The maximum Gasteiger partial charge on any atom is 0.143 e. The topological polar surface area (TPSA) is 33.5 Å². The molecule has 4 nitrogen and oxygen atoms in total. The van der Waals surface area contributed by atoms with Crippen LogP contribution in [0.3, 0.4) is 0 Å². The summed E-state index contributed by atoms with van der Waals surface area (Å²) in [6.07, 6.45) is 0. The standard InChI is InChI=1S/C15H21FN4/c1-18(2)6-7-19-8-10-20(11-9-19)15-5-3-4-14(16)13(15)12-17/h3-5H,6-11H2,1-2H3. The molecule has 0 bridgehead atoms. The minimum atomic E-state index is -0.431. The number of anilines is 1. The van der Waals surface area contributed by atoms with Gasteiger partial charge in [-0.25, -0.2) is 4.39 Å². The van der Waals surface area contributed by atoms with Crippen LogP contribution >= 0.6 is 0 Å². The average molecular weight is 276 g/mol. The summed E-state index contributed by atoms with van der Waals surface area (Å²) in [5.74, 6) is -0.431. The molecule has 1 heterocycles. The van der Waals surface area contributed by atoms with Crippen molar-refractivity contribution in [2.24, 2.45) is 0 Å². The van der Waals surface area contributed by atoms with E-state index < -0.39 is 5.82 Å². The zero-order valence-corrected chi connectivity index (χ0v) is 12.1. The smallest absolute Gasteiger partial charge is 0.143 e. The van der Waals surface area contributed by atoms with E-state index in [9.17, 15) is 4.39 Å². The number of rotatable bonds is 4. The molecule has 0 atom stereocenters. The van der Waals surface area contributed by atoms with Crippen LogP contribution in [0.15, 0.2) is 18.2 Å². The predicted molar refractivity (Wildman–Crippen MR) is 78.3 cm³/mol. The Labute approximate surface area is 120 Å². The molecule has 1 fully saturated rings. The van der Waals surface area contributed by atoms with Gasteiger partial charge < -0.3 is 9.80 Å². The molecule has 0 spiro atoms. The highest BCUT2D eigenvalue weighted by Gasteiger charge is 2.20. The molecular weight excluding hydrogens is 255 g/mol. The maximum atomic E-state index is 13.6. The van der Waals surface area contributed by atoms with Gasteiger partial charge in [0.2, 0.25) is 0 Å². The molecule has 108 valence electrons. The van der Waals surface area contributed by atoms with E-state index in [4.69, 9.17) is 5.26 Å². The summed E-state index contributed by atoms with van der Waals surface area (Å²) in [5.41, 5.74) is 0.883. The Balaban J connectivity index is 1.98. The van der Waals surface area contributed by atoms with Crippen LogP contribution in [0.5, 0.6) is 0 Å². The molecule has 0 aliphatic carbocycles. The molecule has 2 rings (SSSR count). The van der Waals surface area contributed by atoms with Gasteiger partial charge in [0.1, 0.15) is 17.4 Å². The SMILES string of the molecule is CN(C)CCN1CCN(c2cccc(F)c2C#N)CC1. The number of nitrogens with zero attached hydrogens (tertiary/aromatic N) is 4. The van der Waals surface area contributed by atoms with E-state index in [-0.39, 0.29) is 5.56 Å². The molecule has 1 aliphatic rings. The number of likely N-dealkylation sites (N-methyl/N-ethyl adjacent to an activating group) is 1. The number of hydrogen-bond donors (Lipinski definition) is 0. The summed E-state index contributed by atoms with van der Waals surface area (Å²) < 4.78 is 13.6. The molecular formula is C15H21FN4. The van der Waals surface area contributed by atoms with Crippen molar-refractivity contribution in [2.75, 3.05) is 58.3 Å². The zero-order valence-electron chi connectivity index (χ0n) is 12.1. The lowest BCUT2D eigenvalue weighted by atomic mass is 10.1. The van der Waals surface area contributed by atoms with Crippen LogP contribution in [0, 0.1) is 17.1 Å². The minimum absolute atomic E-state index is 0.161. The molecule has 1 aromatic rings. The van der Waals surface area contributed by atoms with Crippen LogP contribution in [-0.2, 0) is 0 Å². The second kappa shape index (κ2) is 6.69. The fourth-order valence-electron chi connectivity index (χ4n) is 2.44. The third-order valence-electron chi connectivity index (χ3n) is 3.68. The molecule has 5 heteroatoms. The molecule has 1 aliphatic heterocycles. The van der Waals surface area contributed by atoms with Crippen molar-refractivity contribution in [3.8, 4) is 6.07 Å². The third-order valence-corrected chi connectivity index (χ3v) is 3.68. The van der Waals surface area contributed by atoms with Crippen LogP contribution < -0.4 is 4.90 Å². The fraction of sp³-hybridized carbons (Fsp3) is 0.533. The van der Waals surface area contributed by atoms with Crippen molar-refractivity contribution in [1.29, 1.82) is 5.26 Å². The zero-order chi connectivity index (χ0) is 14.5. The van der Waals surface area contributed by atoms with Gasteiger partial charge in [-0.15, -0.1) is 0 Å². The highest BCUT2D eigenvalue weighted by atomic mass is 19.1. The van der Waals surface area contributed by atoms with Crippen LogP contribution in [0.1, 0.15) is 5.56 Å². The lowest BCUT2D eigenvalue weighted by molar-refractivity contribution is 0.229. The van der Waals surface area contributed by atoms with Crippen LogP contribution in [0.2, 0.25) is 0 Å². The average Bonchev–Trinajstić information content (AvgIpc) is 2.45. The molecule has 0 aromatic heterocycles. The molecule has 0 saturated carbocycles. The van der Waals surface area contributed by atoms with Gasteiger partial charge in [0.15, 0.2) is 0 Å². The van der Waals surface area contributed by atoms with Crippen molar-refractivity contribution >= 4 is 5.69 Å². The number of piperazine rings is 1. The van der Waals surface area contributed by atoms with E-state index >= 15 is 0 Å². The Bertz CT molecular complexity index is 487. The highest BCUT2D eigenvalue weighted by Crippen LogP contribution is 2.23. The predicted octanol–water partition coefficient (Wildman–Crippen LogP) is 1.38. The van der Waals surface area contributed by atoms with Crippen LogP contribution in [0.4, 0.5) is 10.1 Å².